The van der Waals surface area contributed by atoms with Gasteiger partial charge in [0, 0.05) is 17.8 Å². The van der Waals surface area contributed by atoms with E-state index in [9.17, 15) is 9.59 Å². The second kappa shape index (κ2) is 6.18. The molecule has 1 amide bonds. The molecule has 1 unspecified atom stereocenters. The zero-order valence-corrected chi connectivity index (χ0v) is 11.2. The van der Waals surface area contributed by atoms with Crippen LogP contribution in [0.5, 0.6) is 0 Å². The van der Waals surface area contributed by atoms with E-state index in [1.165, 1.54) is 0 Å². The van der Waals surface area contributed by atoms with Gasteiger partial charge in [0.15, 0.2) is 0 Å². The summed E-state index contributed by atoms with van der Waals surface area (Å²) in [5, 5.41) is 16.5. The number of hydrogen-bond donors (Lipinski definition) is 2. The van der Waals surface area contributed by atoms with Crippen molar-refractivity contribution in [2.75, 3.05) is 0 Å². The van der Waals surface area contributed by atoms with Gasteiger partial charge in [-0.1, -0.05) is 18.2 Å². The number of carbonyl (C=O) groups excluding carboxylic acids is 1. The van der Waals surface area contributed by atoms with Crippen LogP contribution in [0.1, 0.15) is 19.8 Å². The van der Waals surface area contributed by atoms with Crippen molar-refractivity contribution in [1.29, 1.82) is 0 Å². The molecule has 0 spiro atoms. The smallest absolute Gasteiger partial charge is 0.303 e. The molecule has 0 aliphatic carbocycles. The van der Waals surface area contributed by atoms with Gasteiger partial charge in [-0.05, 0) is 19.4 Å². The van der Waals surface area contributed by atoms with Gasteiger partial charge in [-0.25, -0.2) is 0 Å². The van der Waals surface area contributed by atoms with Crippen molar-refractivity contribution >= 4 is 22.8 Å². The topological polar surface area (TPSA) is 84.2 Å². The van der Waals surface area contributed by atoms with Gasteiger partial charge in [-0.3, -0.25) is 14.3 Å². The van der Waals surface area contributed by atoms with Crippen molar-refractivity contribution in [2.45, 2.75) is 32.4 Å². The molecule has 0 bridgehead atoms. The number of nitrogens with one attached hydrogen (secondary N) is 1. The molecule has 0 aliphatic rings. The highest BCUT2D eigenvalue weighted by molar-refractivity contribution is 5.82. The number of nitrogens with zero attached hydrogens (tertiary/aromatic N) is 2. The summed E-state index contributed by atoms with van der Waals surface area (Å²) in [6, 6.07) is 7.49. The van der Waals surface area contributed by atoms with E-state index in [2.05, 4.69) is 10.4 Å². The number of carboxylic acid groups (broad SMARTS) is 1. The minimum Gasteiger partial charge on any atom is -0.481 e. The molecular formula is C14H17N3O3. The number of fused-ring (bicyclic) bond motifs is 1. The summed E-state index contributed by atoms with van der Waals surface area (Å²) in [7, 11) is 0. The molecule has 2 rings (SSSR count). The van der Waals surface area contributed by atoms with Crippen LogP contribution in [0, 0.1) is 0 Å². The molecule has 0 radical (unpaired) electrons. The number of amides is 1. The van der Waals surface area contributed by atoms with Crippen LogP contribution in [0.3, 0.4) is 0 Å². The third kappa shape index (κ3) is 3.57. The minimum atomic E-state index is -0.857. The Bertz CT molecular complexity index is 621. The van der Waals surface area contributed by atoms with Crippen LogP contribution < -0.4 is 5.32 Å². The fourth-order valence-corrected chi connectivity index (χ4v) is 2.02. The molecule has 2 aromatic rings. The van der Waals surface area contributed by atoms with Gasteiger partial charge in [-0.15, -0.1) is 0 Å². The Labute approximate surface area is 116 Å². The first-order chi connectivity index (χ1) is 9.56. The van der Waals surface area contributed by atoms with E-state index in [1.54, 1.807) is 17.8 Å². The van der Waals surface area contributed by atoms with Crippen molar-refractivity contribution < 1.29 is 14.7 Å². The second-order valence-corrected chi connectivity index (χ2v) is 4.76. The highest BCUT2D eigenvalue weighted by atomic mass is 16.4. The zero-order chi connectivity index (χ0) is 14.5. The summed E-state index contributed by atoms with van der Waals surface area (Å²) in [6.45, 7) is 1.92. The highest BCUT2D eigenvalue weighted by Crippen LogP contribution is 2.12. The first kappa shape index (κ1) is 14.0. The van der Waals surface area contributed by atoms with Crippen molar-refractivity contribution in [3.8, 4) is 0 Å². The number of carboxylic acids is 1. The lowest BCUT2D eigenvalue weighted by Gasteiger charge is -2.13. The fourth-order valence-electron chi connectivity index (χ4n) is 2.02. The van der Waals surface area contributed by atoms with Crippen molar-refractivity contribution in [3.05, 3.63) is 30.5 Å². The summed E-state index contributed by atoms with van der Waals surface area (Å²) in [5.74, 6) is -1.03. The van der Waals surface area contributed by atoms with Gasteiger partial charge in [0.2, 0.25) is 5.91 Å². The number of hydrogen-bond acceptors (Lipinski definition) is 3. The monoisotopic (exact) mass is 275 g/mol. The number of aromatic nitrogens is 2. The van der Waals surface area contributed by atoms with Crippen LogP contribution in [0.4, 0.5) is 0 Å². The SMILES string of the molecule is CC(CCC(=O)O)NC(=O)Cn1ncc2ccccc21. The molecule has 6 nitrogen and oxygen atoms in total. The van der Waals surface area contributed by atoms with E-state index in [4.69, 9.17) is 5.11 Å². The summed E-state index contributed by atoms with van der Waals surface area (Å²) in [5.41, 5.74) is 0.904. The predicted molar refractivity (Wildman–Crippen MR) is 74.2 cm³/mol. The summed E-state index contributed by atoms with van der Waals surface area (Å²) in [6.07, 6.45) is 2.18. The molecular weight excluding hydrogens is 258 g/mol. The van der Waals surface area contributed by atoms with Crippen molar-refractivity contribution in [3.63, 3.8) is 0 Å². The van der Waals surface area contributed by atoms with E-state index in [0.29, 0.717) is 6.42 Å². The molecule has 1 aromatic heterocycles. The molecule has 0 fully saturated rings. The van der Waals surface area contributed by atoms with Crippen LogP contribution >= 0.6 is 0 Å². The maximum Gasteiger partial charge on any atom is 0.303 e. The molecule has 20 heavy (non-hydrogen) atoms. The molecule has 1 heterocycles. The predicted octanol–water partition coefficient (Wildman–Crippen LogP) is 1.41. The number of para-hydroxylation sites is 1. The van der Waals surface area contributed by atoms with Gasteiger partial charge in [0.05, 0.1) is 11.7 Å². The summed E-state index contributed by atoms with van der Waals surface area (Å²) < 4.78 is 1.63. The average Bonchev–Trinajstić information content (AvgIpc) is 2.80. The summed E-state index contributed by atoms with van der Waals surface area (Å²) >= 11 is 0. The van der Waals surface area contributed by atoms with Crippen LogP contribution in [0.15, 0.2) is 30.5 Å². The van der Waals surface area contributed by atoms with Crippen molar-refractivity contribution in [2.24, 2.45) is 0 Å². The lowest BCUT2D eigenvalue weighted by molar-refractivity contribution is -0.137. The van der Waals surface area contributed by atoms with Gasteiger partial charge in [-0.2, -0.15) is 5.10 Å². The van der Waals surface area contributed by atoms with E-state index in [-0.39, 0.29) is 24.9 Å². The van der Waals surface area contributed by atoms with Crippen LogP contribution in [-0.2, 0) is 16.1 Å². The number of benzene rings is 1. The van der Waals surface area contributed by atoms with Crippen LogP contribution in [-0.4, -0.2) is 32.8 Å². The quantitative estimate of drug-likeness (QED) is 0.834. The number of carbonyl (C=O) groups is 2. The number of aliphatic carboxylic acids is 1. The second-order valence-electron chi connectivity index (χ2n) is 4.76. The number of rotatable bonds is 6. The van der Waals surface area contributed by atoms with E-state index in [1.807, 2.05) is 24.3 Å². The van der Waals surface area contributed by atoms with E-state index < -0.39 is 5.97 Å². The molecule has 0 aliphatic heterocycles. The Morgan fingerprint density at radius 2 is 2.15 bits per heavy atom. The Morgan fingerprint density at radius 3 is 2.90 bits per heavy atom. The minimum absolute atomic E-state index is 0.0478. The fraction of sp³-hybridized carbons (Fsp3) is 0.357. The van der Waals surface area contributed by atoms with Gasteiger partial charge in [0.25, 0.3) is 0 Å². The highest BCUT2D eigenvalue weighted by Gasteiger charge is 2.11. The Morgan fingerprint density at radius 1 is 1.40 bits per heavy atom. The molecule has 106 valence electrons. The largest absolute Gasteiger partial charge is 0.481 e. The van der Waals surface area contributed by atoms with E-state index in [0.717, 1.165) is 10.9 Å². The first-order valence-electron chi connectivity index (χ1n) is 6.48. The third-order valence-corrected chi connectivity index (χ3v) is 3.04. The van der Waals surface area contributed by atoms with Crippen molar-refractivity contribution in [1.82, 2.24) is 15.1 Å². The standard InChI is InChI=1S/C14H17N3O3/c1-10(6-7-14(19)20)16-13(18)9-17-12-5-3-2-4-11(12)8-15-17/h2-5,8,10H,6-7,9H2,1H3,(H,16,18)(H,19,20). The van der Waals surface area contributed by atoms with Crippen LogP contribution in [0.2, 0.25) is 0 Å². The maximum absolute atomic E-state index is 11.9. The molecule has 0 saturated carbocycles. The molecule has 1 aromatic carbocycles. The maximum atomic E-state index is 11.9. The van der Waals surface area contributed by atoms with Crippen LogP contribution in [0.25, 0.3) is 10.9 Å². The Kier molecular flexibility index (Phi) is 4.34. The Balaban J connectivity index is 1.93. The molecule has 1 atom stereocenters. The summed E-state index contributed by atoms with van der Waals surface area (Å²) in [4.78, 5) is 22.4. The lowest BCUT2D eigenvalue weighted by Crippen LogP contribution is -2.35. The lowest BCUT2D eigenvalue weighted by atomic mass is 10.2. The van der Waals surface area contributed by atoms with Gasteiger partial charge >= 0.3 is 5.97 Å². The normalized spacial score (nSPS) is 12.2. The third-order valence-electron chi connectivity index (χ3n) is 3.04. The zero-order valence-electron chi connectivity index (χ0n) is 11.2. The molecule has 2 N–H and O–H groups in total. The Hall–Kier alpha value is -2.37. The van der Waals surface area contributed by atoms with Gasteiger partial charge in [0.1, 0.15) is 6.54 Å². The molecule has 6 heteroatoms. The van der Waals surface area contributed by atoms with Gasteiger partial charge < -0.3 is 10.4 Å². The first-order valence-corrected chi connectivity index (χ1v) is 6.48. The average molecular weight is 275 g/mol. The molecule has 0 saturated heterocycles. The van der Waals surface area contributed by atoms with E-state index >= 15 is 0 Å².